The first kappa shape index (κ1) is 19.1. The van der Waals surface area contributed by atoms with Gasteiger partial charge in [0.05, 0.1) is 17.3 Å². The molecule has 0 saturated heterocycles. The third-order valence-corrected chi connectivity index (χ3v) is 3.90. The Hall–Kier alpha value is -3.22. The molecule has 1 amide bonds. The smallest absolute Gasteiger partial charge is 0.304 e. The van der Waals surface area contributed by atoms with Crippen LogP contribution in [0.3, 0.4) is 0 Å². The van der Waals surface area contributed by atoms with Crippen molar-refractivity contribution in [3.8, 4) is 0 Å². The lowest BCUT2D eigenvalue weighted by Crippen LogP contribution is -2.27. The van der Waals surface area contributed by atoms with Gasteiger partial charge < -0.3 is 10.4 Å². The Balaban J connectivity index is 2.15. The first-order chi connectivity index (χ1) is 12.2. The van der Waals surface area contributed by atoms with Gasteiger partial charge >= 0.3 is 5.97 Å². The Kier molecular flexibility index (Phi) is 6.06. The molecule has 0 heterocycles. The number of carbonyl (C=O) groups is 2. The number of hydrogen-bond acceptors (Lipinski definition) is 4. The summed E-state index contributed by atoms with van der Waals surface area (Å²) in [6.07, 6.45) is -0.000557. The van der Waals surface area contributed by atoms with E-state index < -0.39 is 22.7 Å². The number of hydrogen-bond donors (Lipinski definition) is 2. The van der Waals surface area contributed by atoms with Gasteiger partial charge in [-0.15, -0.1) is 0 Å². The Morgan fingerprint density at radius 2 is 1.69 bits per heavy atom. The second-order valence-corrected chi connectivity index (χ2v) is 6.29. The monoisotopic (exact) mass is 356 g/mol. The lowest BCUT2D eigenvalue weighted by atomic mass is 9.93. The van der Waals surface area contributed by atoms with Gasteiger partial charge in [0, 0.05) is 17.8 Å². The molecule has 26 heavy (non-hydrogen) atoms. The largest absolute Gasteiger partial charge is 0.481 e. The molecule has 0 saturated carbocycles. The Morgan fingerprint density at radius 3 is 2.19 bits per heavy atom. The van der Waals surface area contributed by atoms with Gasteiger partial charge in [-0.05, 0) is 38.0 Å². The van der Waals surface area contributed by atoms with E-state index in [9.17, 15) is 19.7 Å². The normalized spacial score (nSPS) is 11.6. The molecule has 0 unspecified atom stereocenters. The second-order valence-electron chi connectivity index (χ2n) is 6.29. The molecule has 0 aliphatic rings. The van der Waals surface area contributed by atoms with Crippen LogP contribution in [0.15, 0.2) is 42.5 Å². The van der Waals surface area contributed by atoms with Crippen LogP contribution in [0.4, 0.5) is 11.4 Å². The van der Waals surface area contributed by atoms with Crippen molar-refractivity contribution in [3.63, 3.8) is 0 Å². The Morgan fingerprint density at radius 1 is 1.12 bits per heavy atom. The van der Waals surface area contributed by atoms with E-state index in [0.29, 0.717) is 12.1 Å². The summed E-state index contributed by atoms with van der Waals surface area (Å²) in [7, 11) is 0. The second kappa shape index (κ2) is 8.24. The Bertz CT molecular complexity index is 810. The number of carboxylic acids is 1. The number of anilines is 1. The molecular weight excluding hydrogens is 336 g/mol. The fourth-order valence-electron chi connectivity index (χ4n) is 2.85. The topological polar surface area (TPSA) is 110 Å². The molecule has 136 valence electrons. The predicted octanol–water partition coefficient (Wildman–Crippen LogP) is 3.48. The van der Waals surface area contributed by atoms with Crippen LogP contribution in [0.25, 0.3) is 0 Å². The number of benzene rings is 2. The highest BCUT2D eigenvalue weighted by Gasteiger charge is 2.23. The highest BCUT2D eigenvalue weighted by atomic mass is 16.6. The molecule has 0 aliphatic heterocycles. The number of aryl methyl sites for hydroxylation is 2. The highest BCUT2D eigenvalue weighted by Crippen LogP contribution is 2.20. The fourth-order valence-corrected chi connectivity index (χ4v) is 2.85. The Labute approximate surface area is 150 Å². The lowest BCUT2D eigenvalue weighted by Gasteiger charge is -2.16. The van der Waals surface area contributed by atoms with Crippen LogP contribution >= 0.6 is 0 Å². The molecule has 0 aliphatic carbocycles. The van der Waals surface area contributed by atoms with E-state index in [0.717, 1.165) is 16.7 Å². The standard InChI is InChI=1S/C19H20N2O5/c1-12-7-13(2)9-14(8-12)10-15(11-18(22)23)19(24)20-16-3-5-17(6-4-16)21(25)26/h3-9,15H,10-11H2,1-2H3,(H,20,24)(H,22,23)/t15-/m1/s1. The predicted molar refractivity (Wildman–Crippen MR) is 97.1 cm³/mol. The van der Waals surface area contributed by atoms with E-state index in [4.69, 9.17) is 5.11 Å². The quantitative estimate of drug-likeness (QED) is 0.583. The number of nitrogens with zero attached hydrogens (tertiary/aromatic N) is 1. The highest BCUT2D eigenvalue weighted by molar-refractivity contribution is 5.94. The maximum absolute atomic E-state index is 12.5. The van der Waals surface area contributed by atoms with Crippen molar-refractivity contribution in [2.45, 2.75) is 26.7 Å². The zero-order valence-corrected chi connectivity index (χ0v) is 14.6. The molecule has 7 heteroatoms. The summed E-state index contributed by atoms with van der Waals surface area (Å²) >= 11 is 0. The van der Waals surface area contributed by atoms with Crippen molar-refractivity contribution in [1.82, 2.24) is 0 Å². The molecule has 2 aromatic rings. The van der Waals surface area contributed by atoms with Crippen LogP contribution in [0.5, 0.6) is 0 Å². The summed E-state index contributed by atoms with van der Waals surface area (Å²) in [5.41, 5.74) is 3.29. The van der Waals surface area contributed by atoms with Crippen molar-refractivity contribution in [1.29, 1.82) is 0 Å². The van der Waals surface area contributed by atoms with Gasteiger partial charge in [-0.2, -0.15) is 0 Å². The third-order valence-electron chi connectivity index (χ3n) is 3.90. The molecule has 0 radical (unpaired) electrons. The summed E-state index contributed by atoms with van der Waals surface area (Å²) in [6, 6.07) is 11.3. The molecule has 0 aromatic heterocycles. The van der Waals surface area contributed by atoms with Crippen LogP contribution in [0.1, 0.15) is 23.1 Å². The van der Waals surface area contributed by atoms with Crippen LogP contribution in [-0.2, 0) is 16.0 Å². The zero-order valence-electron chi connectivity index (χ0n) is 14.6. The first-order valence-electron chi connectivity index (χ1n) is 8.09. The molecule has 1 atom stereocenters. The average molecular weight is 356 g/mol. The molecular formula is C19H20N2O5. The number of carboxylic acid groups (broad SMARTS) is 1. The molecule has 0 bridgehead atoms. The van der Waals surface area contributed by atoms with Crippen molar-refractivity contribution in [3.05, 3.63) is 69.3 Å². The van der Waals surface area contributed by atoms with Gasteiger partial charge in [0.25, 0.3) is 5.69 Å². The summed E-state index contributed by atoms with van der Waals surface area (Å²) < 4.78 is 0. The minimum atomic E-state index is -1.06. The van der Waals surface area contributed by atoms with Gasteiger partial charge in [-0.3, -0.25) is 19.7 Å². The number of nitrogens with one attached hydrogen (secondary N) is 1. The van der Waals surface area contributed by atoms with E-state index in [-0.39, 0.29) is 12.1 Å². The number of nitro groups is 1. The van der Waals surface area contributed by atoms with Gasteiger partial charge in [0.1, 0.15) is 0 Å². The number of rotatable bonds is 7. The van der Waals surface area contributed by atoms with E-state index in [1.165, 1.54) is 24.3 Å². The minimum absolute atomic E-state index is 0.0830. The fraction of sp³-hybridized carbons (Fsp3) is 0.263. The van der Waals surface area contributed by atoms with Gasteiger partial charge in [-0.1, -0.05) is 29.3 Å². The SMILES string of the molecule is Cc1cc(C)cc(C[C@H](CC(=O)O)C(=O)Nc2ccc([N+](=O)[O-])cc2)c1. The molecule has 0 spiro atoms. The van der Waals surface area contributed by atoms with Crippen LogP contribution in [-0.4, -0.2) is 21.9 Å². The number of nitro benzene ring substituents is 1. The summed E-state index contributed by atoms with van der Waals surface area (Å²) in [6.45, 7) is 3.89. The van der Waals surface area contributed by atoms with Gasteiger partial charge in [-0.25, -0.2) is 0 Å². The molecule has 2 N–H and O–H groups in total. The molecule has 0 fully saturated rings. The van der Waals surface area contributed by atoms with Gasteiger partial charge in [0.2, 0.25) is 5.91 Å². The number of amides is 1. The van der Waals surface area contributed by atoms with Crippen LogP contribution in [0.2, 0.25) is 0 Å². The molecule has 2 rings (SSSR count). The van der Waals surface area contributed by atoms with Gasteiger partial charge in [0.15, 0.2) is 0 Å². The van der Waals surface area contributed by atoms with Crippen molar-refractivity contribution < 1.29 is 19.6 Å². The van der Waals surface area contributed by atoms with Crippen LogP contribution in [0, 0.1) is 29.9 Å². The average Bonchev–Trinajstić information content (AvgIpc) is 2.53. The van der Waals surface area contributed by atoms with Crippen molar-refractivity contribution in [2.24, 2.45) is 5.92 Å². The number of non-ortho nitro benzene ring substituents is 1. The van der Waals surface area contributed by atoms with E-state index in [1.54, 1.807) is 0 Å². The lowest BCUT2D eigenvalue weighted by molar-refractivity contribution is -0.384. The van der Waals surface area contributed by atoms with Crippen molar-refractivity contribution in [2.75, 3.05) is 5.32 Å². The minimum Gasteiger partial charge on any atom is -0.481 e. The van der Waals surface area contributed by atoms with E-state index >= 15 is 0 Å². The van der Waals surface area contributed by atoms with E-state index in [2.05, 4.69) is 5.32 Å². The third kappa shape index (κ3) is 5.41. The summed E-state index contributed by atoms with van der Waals surface area (Å²) in [4.78, 5) is 33.8. The first-order valence-corrected chi connectivity index (χ1v) is 8.09. The van der Waals surface area contributed by atoms with Crippen molar-refractivity contribution >= 4 is 23.3 Å². The summed E-state index contributed by atoms with van der Waals surface area (Å²) in [5.74, 6) is -2.23. The van der Waals surface area contributed by atoms with Crippen LogP contribution < -0.4 is 5.32 Å². The maximum Gasteiger partial charge on any atom is 0.304 e. The number of aliphatic carboxylic acids is 1. The maximum atomic E-state index is 12.5. The summed E-state index contributed by atoms with van der Waals surface area (Å²) in [5, 5.41) is 22.4. The van der Waals surface area contributed by atoms with E-state index in [1.807, 2.05) is 32.0 Å². The molecule has 7 nitrogen and oxygen atoms in total. The molecule has 2 aromatic carbocycles. The number of carbonyl (C=O) groups excluding carboxylic acids is 1. The zero-order chi connectivity index (χ0) is 19.3.